The van der Waals surface area contributed by atoms with Crippen molar-refractivity contribution in [1.82, 2.24) is 0 Å². The summed E-state index contributed by atoms with van der Waals surface area (Å²) in [5, 5.41) is 2.97. The topological polar surface area (TPSA) is 0 Å². The van der Waals surface area contributed by atoms with Crippen LogP contribution in [0.25, 0.3) is 10.8 Å². The summed E-state index contributed by atoms with van der Waals surface area (Å²) in [5.74, 6) is 0. The summed E-state index contributed by atoms with van der Waals surface area (Å²) in [7, 11) is 0. The Labute approximate surface area is 327 Å². The van der Waals surface area contributed by atoms with E-state index in [1.807, 2.05) is 0 Å². The van der Waals surface area contributed by atoms with Crippen molar-refractivity contribution in [2.75, 3.05) is 0 Å². The molecule has 0 nitrogen and oxygen atoms in total. The summed E-state index contributed by atoms with van der Waals surface area (Å²) in [6.45, 7) is 4.62. The molecule has 0 aliphatic carbocycles. The lowest BCUT2D eigenvalue weighted by Gasteiger charge is -2.14. The number of unbranched alkanes of at least 4 members (excludes halogenated alkanes) is 36. The molecule has 0 saturated heterocycles. The summed E-state index contributed by atoms with van der Waals surface area (Å²) >= 11 is 0. The first-order valence-electron chi connectivity index (χ1n) is 24.4. The first-order valence-corrected chi connectivity index (χ1v) is 24.4. The van der Waals surface area contributed by atoms with Crippen LogP contribution in [-0.2, 0) is 12.8 Å². The van der Waals surface area contributed by atoms with E-state index < -0.39 is 0 Å². The van der Waals surface area contributed by atoms with Gasteiger partial charge in [0.25, 0.3) is 0 Å². The molecular formula is C52H92. The summed E-state index contributed by atoms with van der Waals surface area (Å²) in [4.78, 5) is 0. The van der Waals surface area contributed by atoms with E-state index in [0.29, 0.717) is 0 Å². The zero-order valence-corrected chi connectivity index (χ0v) is 35.7. The molecule has 0 heterocycles. The van der Waals surface area contributed by atoms with E-state index in [-0.39, 0.29) is 0 Å². The summed E-state index contributed by atoms with van der Waals surface area (Å²) < 4.78 is 0. The summed E-state index contributed by atoms with van der Waals surface area (Å²) in [6.07, 6.45) is 57.7. The van der Waals surface area contributed by atoms with E-state index in [1.54, 1.807) is 11.1 Å². The Morgan fingerprint density at radius 1 is 0.269 bits per heavy atom. The lowest BCUT2D eigenvalue weighted by atomic mass is 9.91. The lowest BCUT2D eigenvalue weighted by Crippen LogP contribution is -1.97. The van der Waals surface area contributed by atoms with E-state index in [0.717, 1.165) is 0 Å². The number of hydrogen-bond acceptors (Lipinski definition) is 0. The zero-order chi connectivity index (χ0) is 36.8. The molecule has 2 aromatic carbocycles. The highest BCUT2D eigenvalue weighted by Gasteiger charge is 2.08. The van der Waals surface area contributed by atoms with Gasteiger partial charge in [-0.25, -0.2) is 0 Å². The van der Waals surface area contributed by atoms with Crippen molar-refractivity contribution >= 4 is 10.8 Å². The van der Waals surface area contributed by atoms with Gasteiger partial charge in [0.15, 0.2) is 0 Å². The van der Waals surface area contributed by atoms with E-state index in [1.165, 1.54) is 268 Å². The van der Waals surface area contributed by atoms with Crippen molar-refractivity contribution in [2.45, 2.75) is 271 Å². The van der Waals surface area contributed by atoms with Crippen LogP contribution in [0.2, 0.25) is 0 Å². The fourth-order valence-electron chi connectivity index (χ4n) is 8.68. The average molecular weight is 717 g/mol. The van der Waals surface area contributed by atoms with Crippen molar-refractivity contribution in [3.8, 4) is 0 Å². The van der Waals surface area contributed by atoms with Crippen molar-refractivity contribution < 1.29 is 0 Å². The Balaban J connectivity index is 1.44. The standard InChI is InChI=1S/C52H92/c1-3-5-7-9-11-13-15-17-19-21-23-24-26-28-30-32-34-36-38-40-45-51-49(47-48-50-44-41-42-46-52(50)51)43-39-37-35-33-31-29-27-25-22-20-18-16-14-12-10-8-6-4-2/h41-42,44,46-48H,3-40,43,45H2,1-2H3. The highest BCUT2D eigenvalue weighted by Crippen LogP contribution is 2.27. The second-order valence-electron chi connectivity index (χ2n) is 17.2. The number of aryl methyl sites for hydroxylation is 2. The van der Waals surface area contributed by atoms with Crippen molar-refractivity contribution in [1.29, 1.82) is 0 Å². The quantitative estimate of drug-likeness (QED) is 0.0602. The molecule has 0 aliphatic heterocycles. The maximum atomic E-state index is 2.47. The second-order valence-corrected chi connectivity index (χ2v) is 17.2. The molecule has 2 aromatic rings. The fraction of sp³-hybridized carbons (Fsp3) is 0.808. The maximum absolute atomic E-state index is 2.47. The van der Waals surface area contributed by atoms with E-state index in [4.69, 9.17) is 0 Å². The SMILES string of the molecule is CCCCCCCCCCCCCCCCCCCCCCc1c(CCCCCCCCCCCCCCCCCCCC)ccc2ccccc12. The molecule has 2 rings (SSSR count). The highest BCUT2D eigenvalue weighted by molar-refractivity contribution is 5.86. The number of rotatable bonds is 40. The number of fused-ring (bicyclic) bond motifs is 1. The highest BCUT2D eigenvalue weighted by atomic mass is 14.1. The Morgan fingerprint density at radius 2 is 0.558 bits per heavy atom. The van der Waals surface area contributed by atoms with Crippen molar-refractivity contribution in [2.24, 2.45) is 0 Å². The molecule has 0 N–H and O–H groups in total. The first-order chi connectivity index (χ1) is 25.9. The molecule has 300 valence electrons. The average Bonchev–Trinajstić information content (AvgIpc) is 3.17. The predicted octanol–water partition coefficient (Wildman–Crippen LogP) is 18.8. The minimum Gasteiger partial charge on any atom is -0.0654 e. The molecule has 0 unspecified atom stereocenters. The Bertz CT molecular complexity index is 1000. The molecule has 0 aliphatic rings. The molecule has 0 spiro atoms. The van der Waals surface area contributed by atoms with Gasteiger partial charge < -0.3 is 0 Å². The van der Waals surface area contributed by atoms with Crippen LogP contribution in [0.4, 0.5) is 0 Å². The predicted molar refractivity (Wildman–Crippen MR) is 238 cm³/mol. The Kier molecular flexibility index (Phi) is 33.0. The molecule has 0 fully saturated rings. The van der Waals surface area contributed by atoms with Crippen molar-refractivity contribution in [3.63, 3.8) is 0 Å². The number of benzene rings is 2. The molecule has 0 aromatic heterocycles. The molecule has 0 bridgehead atoms. The molecule has 52 heavy (non-hydrogen) atoms. The van der Waals surface area contributed by atoms with Crippen molar-refractivity contribution in [3.05, 3.63) is 47.5 Å². The summed E-state index contributed by atoms with van der Waals surface area (Å²) in [5.41, 5.74) is 3.32. The van der Waals surface area contributed by atoms with Crippen LogP contribution in [0.1, 0.15) is 269 Å². The van der Waals surface area contributed by atoms with E-state index in [9.17, 15) is 0 Å². The van der Waals surface area contributed by atoms with Gasteiger partial charge in [-0.05, 0) is 47.6 Å². The maximum Gasteiger partial charge on any atom is -0.0149 e. The molecule has 0 radical (unpaired) electrons. The third kappa shape index (κ3) is 26.5. The van der Waals surface area contributed by atoms with Gasteiger partial charge in [-0.1, -0.05) is 281 Å². The largest absolute Gasteiger partial charge is 0.0654 e. The van der Waals surface area contributed by atoms with Crippen LogP contribution in [0.15, 0.2) is 36.4 Å². The zero-order valence-electron chi connectivity index (χ0n) is 35.7. The van der Waals surface area contributed by atoms with Crippen LogP contribution >= 0.6 is 0 Å². The molecular weight excluding hydrogens is 625 g/mol. The minimum absolute atomic E-state index is 1.27. The monoisotopic (exact) mass is 717 g/mol. The third-order valence-corrected chi connectivity index (χ3v) is 12.2. The van der Waals surface area contributed by atoms with Crippen LogP contribution in [0.3, 0.4) is 0 Å². The first kappa shape index (κ1) is 46.9. The Hall–Kier alpha value is -1.30. The van der Waals surface area contributed by atoms with E-state index >= 15 is 0 Å². The van der Waals surface area contributed by atoms with Gasteiger partial charge in [0, 0.05) is 0 Å². The molecule has 0 atom stereocenters. The van der Waals surface area contributed by atoms with Crippen LogP contribution in [-0.4, -0.2) is 0 Å². The molecule has 0 heteroatoms. The van der Waals surface area contributed by atoms with E-state index in [2.05, 4.69) is 50.2 Å². The van der Waals surface area contributed by atoms with Crippen LogP contribution in [0, 0.1) is 0 Å². The molecule has 0 saturated carbocycles. The van der Waals surface area contributed by atoms with Gasteiger partial charge in [-0.15, -0.1) is 0 Å². The van der Waals surface area contributed by atoms with Gasteiger partial charge in [-0.3, -0.25) is 0 Å². The van der Waals surface area contributed by atoms with Gasteiger partial charge in [0.1, 0.15) is 0 Å². The number of hydrogen-bond donors (Lipinski definition) is 0. The fourth-order valence-corrected chi connectivity index (χ4v) is 8.68. The van der Waals surface area contributed by atoms with Crippen LogP contribution in [0.5, 0.6) is 0 Å². The normalized spacial score (nSPS) is 11.7. The third-order valence-electron chi connectivity index (χ3n) is 12.2. The second kappa shape index (κ2) is 36.7. The van der Waals surface area contributed by atoms with Gasteiger partial charge >= 0.3 is 0 Å². The molecule has 0 amide bonds. The Morgan fingerprint density at radius 3 is 0.904 bits per heavy atom. The van der Waals surface area contributed by atoms with Gasteiger partial charge in [0.05, 0.1) is 0 Å². The summed E-state index contributed by atoms with van der Waals surface area (Å²) in [6, 6.07) is 14.0. The smallest absolute Gasteiger partial charge is 0.0149 e. The lowest BCUT2D eigenvalue weighted by molar-refractivity contribution is 0.521. The van der Waals surface area contributed by atoms with Gasteiger partial charge in [0.2, 0.25) is 0 Å². The van der Waals surface area contributed by atoms with Gasteiger partial charge in [-0.2, -0.15) is 0 Å². The van der Waals surface area contributed by atoms with Crippen LogP contribution < -0.4 is 0 Å². The minimum atomic E-state index is 1.27.